The third-order valence-corrected chi connectivity index (χ3v) is 7.21. The van der Waals surface area contributed by atoms with Crippen LogP contribution in [0.3, 0.4) is 0 Å². The molecule has 2 heterocycles. The molecule has 1 aromatic heterocycles. The summed E-state index contributed by atoms with van der Waals surface area (Å²) >= 11 is 0. The number of carbonyl (C=O) groups is 1. The number of hydrogen-bond donors (Lipinski definition) is 2. The molecular formula is C20H26N6O3S. The summed E-state index contributed by atoms with van der Waals surface area (Å²) in [4.78, 5) is 25.6. The van der Waals surface area contributed by atoms with E-state index in [1.165, 1.54) is 32.0 Å². The van der Waals surface area contributed by atoms with Crippen LogP contribution in [0.5, 0.6) is 0 Å². The van der Waals surface area contributed by atoms with Crippen molar-refractivity contribution in [1.29, 1.82) is 0 Å². The molecule has 0 saturated heterocycles. The van der Waals surface area contributed by atoms with E-state index in [4.69, 9.17) is 4.98 Å². The summed E-state index contributed by atoms with van der Waals surface area (Å²) in [7, 11) is -0.347. The first-order chi connectivity index (χ1) is 14.4. The van der Waals surface area contributed by atoms with E-state index < -0.39 is 10.0 Å². The van der Waals surface area contributed by atoms with Crippen LogP contribution in [0, 0.1) is 0 Å². The van der Waals surface area contributed by atoms with Crippen molar-refractivity contribution in [1.82, 2.24) is 14.7 Å². The normalized spacial score (nSPS) is 17.7. The summed E-state index contributed by atoms with van der Waals surface area (Å²) < 4.78 is 26.1. The van der Waals surface area contributed by atoms with Crippen molar-refractivity contribution in [2.75, 3.05) is 35.8 Å². The Morgan fingerprint density at radius 2 is 1.83 bits per heavy atom. The Morgan fingerprint density at radius 1 is 1.13 bits per heavy atom. The minimum atomic E-state index is -3.49. The Kier molecular flexibility index (Phi) is 5.61. The first kappa shape index (κ1) is 20.5. The highest BCUT2D eigenvalue weighted by Gasteiger charge is 2.31. The minimum Gasteiger partial charge on any atom is -0.351 e. The largest absolute Gasteiger partial charge is 0.351 e. The molecule has 1 amide bonds. The Hall–Kier alpha value is -2.72. The van der Waals surface area contributed by atoms with Gasteiger partial charge in [0.2, 0.25) is 21.9 Å². The van der Waals surface area contributed by atoms with Crippen molar-refractivity contribution in [2.24, 2.45) is 0 Å². The van der Waals surface area contributed by atoms with E-state index in [1.54, 1.807) is 30.3 Å². The van der Waals surface area contributed by atoms with Crippen molar-refractivity contribution in [3.63, 3.8) is 0 Å². The zero-order chi connectivity index (χ0) is 21.3. The highest BCUT2D eigenvalue weighted by Crippen LogP contribution is 2.36. The van der Waals surface area contributed by atoms with Gasteiger partial charge in [0.15, 0.2) is 5.82 Å². The lowest BCUT2D eigenvalue weighted by Gasteiger charge is -2.30. The lowest BCUT2D eigenvalue weighted by molar-refractivity contribution is -0.118. The van der Waals surface area contributed by atoms with Crippen LogP contribution in [0.2, 0.25) is 0 Å². The molecule has 0 unspecified atom stereocenters. The Balaban J connectivity index is 1.64. The summed E-state index contributed by atoms with van der Waals surface area (Å²) in [5, 5.41) is 3.14. The van der Waals surface area contributed by atoms with Gasteiger partial charge in [0, 0.05) is 31.7 Å². The number of amides is 1. The van der Waals surface area contributed by atoms with Crippen molar-refractivity contribution in [3.8, 4) is 0 Å². The molecule has 1 saturated carbocycles. The molecule has 1 aliphatic carbocycles. The number of nitrogens with zero attached hydrogens (tertiary/aromatic N) is 4. The van der Waals surface area contributed by atoms with Gasteiger partial charge in [0.25, 0.3) is 0 Å². The Morgan fingerprint density at radius 3 is 2.50 bits per heavy atom. The molecule has 1 fully saturated rings. The second-order valence-electron chi connectivity index (χ2n) is 7.59. The number of rotatable bonds is 5. The fourth-order valence-corrected chi connectivity index (χ4v) is 4.76. The smallest absolute Gasteiger partial charge is 0.240 e. The predicted octanol–water partition coefficient (Wildman–Crippen LogP) is 2.24. The molecule has 2 aliphatic rings. The van der Waals surface area contributed by atoms with E-state index in [-0.39, 0.29) is 10.8 Å². The molecule has 160 valence electrons. The monoisotopic (exact) mass is 430 g/mol. The van der Waals surface area contributed by atoms with Crippen molar-refractivity contribution < 1.29 is 13.2 Å². The Bertz CT molecular complexity index is 1040. The van der Waals surface area contributed by atoms with E-state index in [0.29, 0.717) is 36.3 Å². The van der Waals surface area contributed by atoms with E-state index in [2.05, 4.69) is 19.9 Å². The molecule has 4 rings (SSSR count). The molecule has 1 aliphatic heterocycles. The number of sulfonamides is 1. The van der Waals surface area contributed by atoms with Gasteiger partial charge in [0.05, 0.1) is 11.1 Å². The lowest BCUT2D eigenvalue weighted by atomic mass is 10.2. The van der Waals surface area contributed by atoms with Gasteiger partial charge in [-0.3, -0.25) is 4.79 Å². The zero-order valence-electron chi connectivity index (χ0n) is 17.1. The highest BCUT2D eigenvalue weighted by atomic mass is 32.2. The van der Waals surface area contributed by atoms with Crippen LogP contribution in [-0.4, -0.2) is 51.0 Å². The molecule has 2 aromatic rings. The van der Waals surface area contributed by atoms with Gasteiger partial charge in [-0.25, -0.2) is 18.1 Å². The topological polar surface area (TPSA) is 108 Å². The second kappa shape index (κ2) is 8.19. The number of fused-ring (bicyclic) bond motifs is 1. The number of hydrogen-bond acceptors (Lipinski definition) is 7. The molecule has 0 spiro atoms. The maximum absolute atomic E-state index is 12.4. The van der Waals surface area contributed by atoms with Gasteiger partial charge >= 0.3 is 0 Å². The number of benzene rings is 1. The number of aromatic nitrogens is 2. The Labute approximate surface area is 176 Å². The minimum absolute atomic E-state index is 0.0578. The summed E-state index contributed by atoms with van der Waals surface area (Å²) in [6.07, 6.45) is 6.72. The lowest BCUT2D eigenvalue weighted by Crippen LogP contribution is -2.34. The molecular weight excluding hydrogens is 404 g/mol. The van der Waals surface area contributed by atoms with E-state index in [9.17, 15) is 13.2 Å². The molecule has 0 atom stereocenters. The predicted molar refractivity (Wildman–Crippen MR) is 116 cm³/mol. The van der Waals surface area contributed by atoms with Crippen molar-refractivity contribution in [2.45, 2.75) is 43.0 Å². The highest BCUT2D eigenvalue weighted by molar-refractivity contribution is 7.89. The van der Waals surface area contributed by atoms with Crippen LogP contribution in [0.1, 0.15) is 32.1 Å². The van der Waals surface area contributed by atoms with Gasteiger partial charge in [-0.05, 0) is 44.2 Å². The molecule has 1 aromatic carbocycles. The van der Waals surface area contributed by atoms with Crippen LogP contribution < -0.4 is 19.8 Å². The van der Waals surface area contributed by atoms with Crippen LogP contribution in [0.15, 0.2) is 35.4 Å². The maximum atomic E-state index is 12.4. The average Bonchev–Trinajstić information content (AvgIpc) is 3.25. The summed E-state index contributed by atoms with van der Waals surface area (Å²) in [5.74, 6) is 1.23. The third kappa shape index (κ3) is 3.97. The van der Waals surface area contributed by atoms with Gasteiger partial charge in [-0.2, -0.15) is 4.98 Å². The van der Waals surface area contributed by atoms with Crippen LogP contribution >= 0.6 is 0 Å². The molecule has 0 bridgehead atoms. The number of carbonyl (C=O) groups excluding carboxylic acids is 1. The number of anilines is 4. The summed E-state index contributed by atoms with van der Waals surface area (Å²) in [6.45, 7) is 0.647. The van der Waals surface area contributed by atoms with Gasteiger partial charge in [-0.1, -0.05) is 12.8 Å². The van der Waals surface area contributed by atoms with E-state index >= 15 is 0 Å². The quantitative estimate of drug-likeness (QED) is 0.749. The van der Waals surface area contributed by atoms with Crippen LogP contribution in [0.25, 0.3) is 0 Å². The first-order valence-electron chi connectivity index (χ1n) is 10.1. The molecule has 10 heteroatoms. The molecule has 0 radical (unpaired) electrons. The van der Waals surface area contributed by atoms with Crippen LogP contribution in [-0.2, 0) is 14.8 Å². The fourth-order valence-electron chi connectivity index (χ4n) is 4.03. The fraction of sp³-hybridized carbons (Fsp3) is 0.450. The van der Waals surface area contributed by atoms with Gasteiger partial charge in [-0.15, -0.1) is 0 Å². The van der Waals surface area contributed by atoms with Crippen LogP contribution in [0.4, 0.5) is 23.1 Å². The molecule has 9 nitrogen and oxygen atoms in total. The number of nitrogens with one attached hydrogen (secondary N) is 2. The van der Waals surface area contributed by atoms with Gasteiger partial charge in [0.1, 0.15) is 5.69 Å². The molecule has 30 heavy (non-hydrogen) atoms. The maximum Gasteiger partial charge on any atom is 0.240 e. The second-order valence-corrected chi connectivity index (χ2v) is 9.48. The summed E-state index contributed by atoms with van der Waals surface area (Å²) in [6, 6.07) is 6.77. The standard InChI is InChI=1S/C20H26N6O3S/c1-21-30(28,29)16-9-7-14(8-10-16)23-20-22-13-17-19(24-20)26(15-5-3-4-6-15)12-11-18(27)25(17)2/h7-10,13,15,21H,3-6,11-12H2,1-2H3,(H,22,23,24). The third-order valence-electron chi connectivity index (χ3n) is 5.78. The molecule has 2 N–H and O–H groups in total. The van der Waals surface area contributed by atoms with Gasteiger partial charge < -0.3 is 15.1 Å². The van der Waals surface area contributed by atoms with Crippen molar-refractivity contribution >= 4 is 39.1 Å². The van der Waals surface area contributed by atoms with E-state index in [1.807, 2.05) is 0 Å². The van der Waals surface area contributed by atoms with Crippen molar-refractivity contribution in [3.05, 3.63) is 30.5 Å². The average molecular weight is 431 g/mol. The first-order valence-corrected chi connectivity index (χ1v) is 11.6. The van der Waals surface area contributed by atoms with E-state index in [0.717, 1.165) is 18.7 Å². The SMILES string of the molecule is CNS(=O)(=O)c1ccc(Nc2ncc3c(n2)N(C2CCCC2)CCC(=O)N3C)cc1. The zero-order valence-corrected chi connectivity index (χ0v) is 17.9. The summed E-state index contributed by atoms with van der Waals surface area (Å²) in [5.41, 5.74) is 1.39.